The summed E-state index contributed by atoms with van der Waals surface area (Å²) in [7, 11) is 0. The number of hydrogen-bond acceptors (Lipinski definition) is 2. The Bertz CT molecular complexity index is 140. The number of carbonyl (C=O) groups is 1. The predicted octanol–water partition coefficient (Wildman–Crippen LogP) is 0.736. The predicted molar refractivity (Wildman–Crippen MR) is 41.4 cm³/mol. The molecule has 0 aromatic carbocycles. The van der Waals surface area contributed by atoms with E-state index >= 15 is 0 Å². The normalized spacial score (nSPS) is 15.2. The Morgan fingerprint density at radius 2 is 2.22 bits per heavy atom. The van der Waals surface area contributed by atoms with Gasteiger partial charge in [-0.1, -0.05) is 6.08 Å². The van der Waals surface area contributed by atoms with Crippen LogP contribution in [-0.2, 0) is 4.79 Å². The number of carbonyl (C=O) groups excluding carboxylic acids is 1. The molecule has 52 valence electrons. The zero-order valence-corrected chi connectivity index (χ0v) is 6.48. The van der Waals surface area contributed by atoms with Crippen molar-refractivity contribution in [2.45, 2.75) is 19.1 Å². The van der Waals surface area contributed by atoms with Gasteiger partial charge in [0.05, 0.1) is 0 Å². The number of amides is 1. The van der Waals surface area contributed by atoms with Crippen LogP contribution in [0.2, 0.25) is 0 Å². The maximum absolute atomic E-state index is 10.5. The molecule has 0 saturated carbocycles. The number of allylic oxidation sites excluding steroid dienone is 1. The molecular formula is C6H11NOS. The second-order valence-corrected chi connectivity index (χ2v) is 2.56. The lowest BCUT2D eigenvalue weighted by Crippen LogP contribution is -2.18. The molecule has 0 aromatic heterocycles. The summed E-state index contributed by atoms with van der Waals surface area (Å²) < 4.78 is 0. The zero-order valence-electron chi connectivity index (χ0n) is 5.59. The molecule has 0 saturated heterocycles. The molecule has 0 aliphatic carbocycles. The quantitative estimate of drug-likeness (QED) is 0.437. The molecule has 0 radical (unpaired) electrons. The van der Waals surface area contributed by atoms with Crippen molar-refractivity contribution in [1.82, 2.24) is 0 Å². The lowest BCUT2D eigenvalue weighted by atomic mass is 10.2. The van der Waals surface area contributed by atoms with Gasteiger partial charge in [-0.2, -0.15) is 12.6 Å². The summed E-state index contributed by atoms with van der Waals surface area (Å²) in [6.45, 7) is 3.58. The van der Waals surface area contributed by atoms with Crippen LogP contribution in [0.15, 0.2) is 11.6 Å². The van der Waals surface area contributed by atoms with Crippen LogP contribution in [0.3, 0.4) is 0 Å². The monoisotopic (exact) mass is 145 g/mol. The van der Waals surface area contributed by atoms with Crippen molar-refractivity contribution < 1.29 is 4.79 Å². The molecule has 3 heteroatoms. The Morgan fingerprint density at radius 3 is 2.22 bits per heavy atom. The Kier molecular flexibility index (Phi) is 3.39. The van der Waals surface area contributed by atoms with Gasteiger partial charge in [0.15, 0.2) is 0 Å². The molecule has 1 unspecified atom stereocenters. The molecule has 0 rings (SSSR count). The minimum Gasteiger partial charge on any atom is -0.366 e. The second-order valence-electron chi connectivity index (χ2n) is 1.78. The Labute approximate surface area is 60.5 Å². The summed E-state index contributed by atoms with van der Waals surface area (Å²) in [5.41, 5.74) is 5.56. The molecule has 9 heavy (non-hydrogen) atoms. The van der Waals surface area contributed by atoms with Crippen LogP contribution in [0, 0.1) is 0 Å². The van der Waals surface area contributed by atoms with E-state index in [1.165, 1.54) is 0 Å². The summed E-state index contributed by atoms with van der Waals surface area (Å²) in [5, 5.41) is -0.0625. The third kappa shape index (κ3) is 2.56. The van der Waals surface area contributed by atoms with Gasteiger partial charge in [-0.05, 0) is 13.8 Å². The first kappa shape index (κ1) is 8.56. The topological polar surface area (TPSA) is 43.1 Å². The molecule has 0 heterocycles. The van der Waals surface area contributed by atoms with Gasteiger partial charge < -0.3 is 5.73 Å². The summed E-state index contributed by atoms with van der Waals surface area (Å²) in [5.74, 6) is -0.389. The first-order valence-corrected chi connectivity index (χ1v) is 3.25. The van der Waals surface area contributed by atoms with E-state index in [2.05, 4.69) is 12.6 Å². The van der Waals surface area contributed by atoms with Crippen molar-refractivity contribution in [2.24, 2.45) is 5.73 Å². The minimum atomic E-state index is -0.389. The fourth-order valence-electron chi connectivity index (χ4n) is 0.589. The number of rotatable bonds is 2. The number of hydrogen-bond donors (Lipinski definition) is 2. The summed E-state index contributed by atoms with van der Waals surface area (Å²) in [6.07, 6.45) is 1.68. The zero-order chi connectivity index (χ0) is 7.44. The lowest BCUT2D eigenvalue weighted by molar-refractivity contribution is -0.114. The summed E-state index contributed by atoms with van der Waals surface area (Å²) >= 11 is 4.04. The maximum atomic E-state index is 10.5. The molecule has 1 atom stereocenters. The lowest BCUT2D eigenvalue weighted by Gasteiger charge is -2.03. The molecule has 0 aliphatic heterocycles. The van der Waals surface area contributed by atoms with Crippen LogP contribution < -0.4 is 5.73 Å². The van der Waals surface area contributed by atoms with Crippen molar-refractivity contribution in [3.8, 4) is 0 Å². The van der Waals surface area contributed by atoms with Gasteiger partial charge in [0, 0.05) is 10.8 Å². The van der Waals surface area contributed by atoms with E-state index in [4.69, 9.17) is 5.73 Å². The average molecular weight is 145 g/mol. The molecule has 0 aromatic rings. The van der Waals surface area contributed by atoms with E-state index in [-0.39, 0.29) is 11.2 Å². The number of primary amides is 1. The van der Waals surface area contributed by atoms with Crippen molar-refractivity contribution in [2.75, 3.05) is 0 Å². The standard InChI is InChI=1S/C6H11NOS/c1-3-5(4(2)9)6(7)8/h3-4,9H,1-2H3,(H2,7,8)/b5-3+. The van der Waals surface area contributed by atoms with Crippen LogP contribution in [0.25, 0.3) is 0 Å². The maximum Gasteiger partial charge on any atom is 0.245 e. The third-order valence-corrected chi connectivity index (χ3v) is 1.32. The number of thiol groups is 1. The summed E-state index contributed by atoms with van der Waals surface area (Å²) in [4.78, 5) is 10.5. The smallest absolute Gasteiger partial charge is 0.245 e. The van der Waals surface area contributed by atoms with E-state index in [0.29, 0.717) is 5.57 Å². The SMILES string of the molecule is C/C=C(/C(N)=O)C(C)S. The van der Waals surface area contributed by atoms with Gasteiger partial charge in [-0.15, -0.1) is 0 Å². The highest BCUT2D eigenvalue weighted by Gasteiger charge is 2.07. The van der Waals surface area contributed by atoms with Crippen LogP contribution in [0.5, 0.6) is 0 Å². The van der Waals surface area contributed by atoms with Crippen LogP contribution in [0.1, 0.15) is 13.8 Å². The Balaban J connectivity index is 4.19. The fraction of sp³-hybridized carbons (Fsp3) is 0.500. The van der Waals surface area contributed by atoms with E-state index in [0.717, 1.165) is 0 Å². The van der Waals surface area contributed by atoms with Gasteiger partial charge >= 0.3 is 0 Å². The van der Waals surface area contributed by atoms with Gasteiger partial charge in [0.25, 0.3) is 0 Å². The highest BCUT2D eigenvalue weighted by atomic mass is 32.1. The van der Waals surface area contributed by atoms with Crippen LogP contribution >= 0.6 is 12.6 Å². The first-order valence-electron chi connectivity index (χ1n) is 2.73. The van der Waals surface area contributed by atoms with E-state index in [1.54, 1.807) is 13.0 Å². The third-order valence-electron chi connectivity index (χ3n) is 1.05. The van der Waals surface area contributed by atoms with E-state index in [1.807, 2.05) is 6.92 Å². The molecule has 0 fully saturated rings. The second kappa shape index (κ2) is 3.56. The molecule has 2 nitrogen and oxygen atoms in total. The molecule has 0 spiro atoms. The van der Waals surface area contributed by atoms with Gasteiger partial charge in [0.2, 0.25) is 5.91 Å². The van der Waals surface area contributed by atoms with Crippen molar-refractivity contribution in [3.63, 3.8) is 0 Å². The van der Waals surface area contributed by atoms with Gasteiger partial charge in [-0.25, -0.2) is 0 Å². The van der Waals surface area contributed by atoms with Crippen LogP contribution in [-0.4, -0.2) is 11.2 Å². The van der Waals surface area contributed by atoms with Crippen LogP contribution in [0.4, 0.5) is 0 Å². The highest BCUT2D eigenvalue weighted by Crippen LogP contribution is 2.06. The Morgan fingerprint density at radius 1 is 1.78 bits per heavy atom. The van der Waals surface area contributed by atoms with Crippen molar-refractivity contribution in [1.29, 1.82) is 0 Å². The summed E-state index contributed by atoms with van der Waals surface area (Å²) in [6, 6.07) is 0. The van der Waals surface area contributed by atoms with E-state index < -0.39 is 0 Å². The molecule has 0 bridgehead atoms. The minimum absolute atomic E-state index is 0.0625. The molecule has 1 amide bonds. The van der Waals surface area contributed by atoms with E-state index in [9.17, 15) is 4.79 Å². The highest BCUT2D eigenvalue weighted by molar-refractivity contribution is 7.81. The van der Waals surface area contributed by atoms with Gasteiger partial charge in [0.1, 0.15) is 0 Å². The molecular weight excluding hydrogens is 134 g/mol. The largest absolute Gasteiger partial charge is 0.366 e. The first-order chi connectivity index (χ1) is 4.09. The van der Waals surface area contributed by atoms with Gasteiger partial charge in [-0.3, -0.25) is 4.79 Å². The molecule has 0 aliphatic rings. The van der Waals surface area contributed by atoms with Crippen molar-refractivity contribution >= 4 is 18.5 Å². The fourth-order valence-corrected chi connectivity index (χ4v) is 0.866. The number of nitrogens with two attached hydrogens (primary N) is 1. The average Bonchev–Trinajstić information content (AvgIpc) is 1.64. The van der Waals surface area contributed by atoms with Crippen molar-refractivity contribution in [3.05, 3.63) is 11.6 Å². The Hall–Kier alpha value is -0.440. The molecule has 2 N–H and O–H groups in total.